The molecule has 8 heteroatoms. The molecule has 0 aromatic rings. The summed E-state index contributed by atoms with van der Waals surface area (Å²) in [5.41, 5.74) is 5.23. The minimum absolute atomic E-state index is 0.276. The lowest BCUT2D eigenvalue weighted by Crippen LogP contribution is -2.26. The molecule has 0 saturated heterocycles. The first kappa shape index (κ1) is 16.8. The Morgan fingerprint density at radius 2 is 1.41 bits per heavy atom. The van der Waals surface area contributed by atoms with Gasteiger partial charge in [0, 0.05) is 13.1 Å². The summed E-state index contributed by atoms with van der Waals surface area (Å²) in [4.78, 5) is 0. The van der Waals surface area contributed by atoms with Crippen molar-refractivity contribution in [2.75, 3.05) is 59.0 Å². The quantitative estimate of drug-likeness (QED) is 0.421. The van der Waals surface area contributed by atoms with Crippen LogP contribution < -0.4 is 10.5 Å². The van der Waals surface area contributed by atoms with Crippen LogP contribution in [0.5, 0.6) is 0 Å². The maximum atomic E-state index is 10.7. The van der Waals surface area contributed by atoms with E-state index in [1.165, 1.54) is 0 Å². The van der Waals surface area contributed by atoms with Gasteiger partial charge in [0.1, 0.15) is 0 Å². The minimum atomic E-state index is -3.12. The maximum Gasteiger partial charge on any atom is 0.208 e. The number of ether oxygens (including phenoxy) is 3. The Labute approximate surface area is 103 Å². The minimum Gasteiger partial charge on any atom is -0.378 e. The molecule has 0 saturated carbocycles. The molecule has 0 unspecified atom stereocenters. The lowest BCUT2D eigenvalue weighted by atomic mass is 10.7. The molecule has 0 aliphatic carbocycles. The Bertz CT molecular complexity index is 258. The third-order valence-electron chi connectivity index (χ3n) is 1.62. The Hall–Kier alpha value is -0.250. The highest BCUT2D eigenvalue weighted by molar-refractivity contribution is 7.88. The van der Waals surface area contributed by atoms with Crippen molar-refractivity contribution >= 4 is 10.0 Å². The number of nitrogens with two attached hydrogens (primary N) is 1. The van der Waals surface area contributed by atoms with Crippen LogP contribution in [0.1, 0.15) is 0 Å². The zero-order valence-corrected chi connectivity index (χ0v) is 11.0. The van der Waals surface area contributed by atoms with E-state index in [2.05, 4.69) is 4.72 Å². The van der Waals surface area contributed by atoms with Crippen LogP contribution in [-0.2, 0) is 24.2 Å². The molecule has 0 rings (SSSR count). The number of hydrogen-bond acceptors (Lipinski definition) is 6. The van der Waals surface area contributed by atoms with Gasteiger partial charge in [0.15, 0.2) is 0 Å². The number of nitrogens with one attached hydrogen (secondary N) is 1. The van der Waals surface area contributed by atoms with Crippen LogP contribution in [0, 0.1) is 0 Å². The zero-order chi connectivity index (χ0) is 13.0. The summed E-state index contributed by atoms with van der Waals surface area (Å²) in [6.07, 6.45) is 1.11. The summed E-state index contributed by atoms with van der Waals surface area (Å²) >= 11 is 0. The summed E-state index contributed by atoms with van der Waals surface area (Å²) < 4.78 is 39.1. The molecule has 17 heavy (non-hydrogen) atoms. The van der Waals surface area contributed by atoms with E-state index in [9.17, 15) is 8.42 Å². The molecule has 0 heterocycles. The van der Waals surface area contributed by atoms with Crippen LogP contribution in [0.4, 0.5) is 0 Å². The van der Waals surface area contributed by atoms with Crippen LogP contribution in [0.2, 0.25) is 0 Å². The van der Waals surface area contributed by atoms with Gasteiger partial charge in [-0.3, -0.25) is 0 Å². The number of rotatable bonds is 12. The van der Waals surface area contributed by atoms with Gasteiger partial charge in [-0.05, 0) is 0 Å². The molecule has 7 nitrogen and oxygen atoms in total. The highest BCUT2D eigenvalue weighted by Crippen LogP contribution is 1.81. The first-order chi connectivity index (χ1) is 8.06. The predicted octanol–water partition coefficient (Wildman–Crippen LogP) is -1.46. The van der Waals surface area contributed by atoms with Gasteiger partial charge < -0.3 is 19.9 Å². The molecular formula is C9H22N2O5S. The first-order valence-corrected chi connectivity index (χ1v) is 7.33. The second-order valence-corrected chi connectivity index (χ2v) is 5.13. The van der Waals surface area contributed by atoms with E-state index in [1.54, 1.807) is 0 Å². The van der Waals surface area contributed by atoms with Gasteiger partial charge in [0.2, 0.25) is 10.0 Å². The highest BCUT2D eigenvalue weighted by Gasteiger charge is 1.98. The van der Waals surface area contributed by atoms with Gasteiger partial charge in [0.25, 0.3) is 0 Å². The molecular weight excluding hydrogens is 248 g/mol. The van der Waals surface area contributed by atoms with E-state index in [1.807, 2.05) is 0 Å². The van der Waals surface area contributed by atoms with Crippen LogP contribution in [0.3, 0.4) is 0 Å². The number of sulfonamides is 1. The van der Waals surface area contributed by atoms with Gasteiger partial charge in [-0.1, -0.05) is 0 Å². The van der Waals surface area contributed by atoms with Gasteiger partial charge in [-0.2, -0.15) is 0 Å². The Kier molecular flexibility index (Phi) is 10.7. The lowest BCUT2D eigenvalue weighted by molar-refractivity contribution is 0.0171. The van der Waals surface area contributed by atoms with E-state index < -0.39 is 10.0 Å². The Morgan fingerprint density at radius 3 is 1.88 bits per heavy atom. The maximum absolute atomic E-state index is 10.7. The Balaban J connectivity index is 3.04. The van der Waals surface area contributed by atoms with E-state index in [0.717, 1.165) is 6.26 Å². The molecule has 0 radical (unpaired) electrons. The fourth-order valence-electron chi connectivity index (χ4n) is 0.924. The second kappa shape index (κ2) is 10.9. The van der Waals surface area contributed by atoms with Gasteiger partial charge in [-0.25, -0.2) is 13.1 Å². The Morgan fingerprint density at radius 1 is 0.941 bits per heavy atom. The fourth-order valence-corrected chi connectivity index (χ4v) is 1.38. The van der Waals surface area contributed by atoms with Crippen LogP contribution >= 0.6 is 0 Å². The van der Waals surface area contributed by atoms with Crippen molar-refractivity contribution in [2.45, 2.75) is 0 Å². The van der Waals surface area contributed by atoms with Crippen molar-refractivity contribution in [3.63, 3.8) is 0 Å². The third-order valence-corrected chi connectivity index (χ3v) is 2.35. The van der Waals surface area contributed by atoms with Gasteiger partial charge in [-0.15, -0.1) is 0 Å². The smallest absolute Gasteiger partial charge is 0.208 e. The summed E-state index contributed by atoms with van der Waals surface area (Å²) in [6, 6.07) is 0. The van der Waals surface area contributed by atoms with Crippen molar-refractivity contribution in [2.24, 2.45) is 5.73 Å². The predicted molar refractivity (Wildman–Crippen MR) is 64.4 cm³/mol. The molecule has 0 aliphatic heterocycles. The summed E-state index contributed by atoms with van der Waals surface area (Å²) in [5.74, 6) is 0. The molecule has 0 amide bonds. The third kappa shape index (κ3) is 15.8. The fraction of sp³-hybridized carbons (Fsp3) is 1.00. The van der Waals surface area contributed by atoms with Crippen molar-refractivity contribution in [1.82, 2.24) is 4.72 Å². The van der Waals surface area contributed by atoms with E-state index in [-0.39, 0.29) is 6.54 Å². The van der Waals surface area contributed by atoms with Crippen LogP contribution in [0.15, 0.2) is 0 Å². The summed E-state index contributed by atoms with van der Waals surface area (Å²) in [5, 5.41) is 0. The second-order valence-electron chi connectivity index (χ2n) is 3.29. The summed E-state index contributed by atoms with van der Waals surface area (Å²) in [7, 11) is -3.12. The standard InChI is InChI=1S/C9H22N2O5S/c1-17(12,13)11-3-5-15-7-9-16-8-6-14-4-2-10/h11H,2-10H2,1H3. The first-order valence-electron chi connectivity index (χ1n) is 5.44. The molecule has 0 atom stereocenters. The molecule has 0 spiro atoms. The van der Waals surface area contributed by atoms with E-state index in [0.29, 0.717) is 46.2 Å². The largest absolute Gasteiger partial charge is 0.378 e. The molecule has 0 fully saturated rings. The molecule has 3 N–H and O–H groups in total. The average molecular weight is 270 g/mol. The molecule has 0 aliphatic rings. The van der Waals surface area contributed by atoms with Gasteiger partial charge in [0.05, 0.1) is 45.9 Å². The molecule has 0 aromatic carbocycles. The molecule has 0 aromatic heterocycles. The van der Waals surface area contributed by atoms with Crippen molar-refractivity contribution in [1.29, 1.82) is 0 Å². The monoisotopic (exact) mass is 270 g/mol. The van der Waals surface area contributed by atoms with Crippen LogP contribution in [0.25, 0.3) is 0 Å². The average Bonchev–Trinajstić information content (AvgIpc) is 2.24. The normalized spacial score (nSPS) is 11.9. The SMILES string of the molecule is CS(=O)(=O)NCCOCCOCCOCCN. The van der Waals surface area contributed by atoms with Crippen molar-refractivity contribution in [3.05, 3.63) is 0 Å². The van der Waals surface area contributed by atoms with Crippen molar-refractivity contribution < 1.29 is 22.6 Å². The zero-order valence-electron chi connectivity index (χ0n) is 10.2. The lowest BCUT2D eigenvalue weighted by Gasteiger charge is -2.06. The van der Waals surface area contributed by atoms with Crippen LogP contribution in [-0.4, -0.2) is 67.4 Å². The molecule has 104 valence electrons. The van der Waals surface area contributed by atoms with Gasteiger partial charge >= 0.3 is 0 Å². The highest BCUT2D eigenvalue weighted by atomic mass is 32.2. The molecule has 0 bridgehead atoms. The van der Waals surface area contributed by atoms with E-state index in [4.69, 9.17) is 19.9 Å². The summed E-state index contributed by atoms with van der Waals surface area (Å²) in [6.45, 7) is 3.58. The topological polar surface area (TPSA) is 99.9 Å². The van der Waals surface area contributed by atoms with Crippen molar-refractivity contribution in [3.8, 4) is 0 Å². The van der Waals surface area contributed by atoms with E-state index >= 15 is 0 Å². The number of hydrogen-bond donors (Lipinski definition) is 2.